The second kappa shape index (κ2) is 14.6. The molecule has 1 aliphatic heterocycles. The van der Waals surface area contributed by atoms with Crippen LogP contribution in [0.15, 0.2) is 30.5 Å². The fourth-order valence-corrected chi connectivity index (χ4v) is 5.18. The number of hydrogen-bond donors (Lipinski definition) is 2. The quantitative estimate of drug-likeness (QED) is 0.378. The molecule has 2 N–H and O–H groups in total. The SMILES string of the molecule is CCC(C)O.Cc1nc(Cc2ncc(C(=O)Cc3c(C)cccc3Cl)s2)cc(N2CCN(CCO)CC2)n1. The van der Waals surface area contributed by atoms with Gasteiger partial charge < -0.3 is 15.1 Å². The van der Waals surface area contributed by atoms with E-state index in [4.69, 9.17) is 21.8 Å². The zero-order valence-corrected chi connectivity index (χ0v) is 24.2. The summed E-state index contributed by atoms with van der Waals surface area (Å²) in [7, 11) is 0. The Balaban J connectivity index is 0.000000732. The number of rotatable bonds is 9. The Labute approximate surface area is 234 Å². The van der Waals surface area contributed by atoms with Crippen LogP contribution in [0.1, 0.15) is 57.6 Å². The minimum atomic E-state index is -0.116. The lowest BCUT2D eigenvalue weighted by atomic mass is 10.0. The molecule has 1 atom stereocenters. The molecule has 3 heterocycles. The van der Waals surface area contributed by atoms with Crippen LogP contribution in [0, 0.1) is 13.8 Å². The highest BCUT2D eigenvalue weighted by atomic mass is 35.5. The molecule has 8 nitrogen and oxygen atoms in total. The number of carbonyl (C=O) groups excluding carboxylic acids is 1. The molecule has 1 aromatic carbocycles. The third-order valence-corrected chi connectivity index (χ3v) is 7.82. The molecule has 1 aliphatic rings. The zero-order chi connectivity index (χ0) is 27.7. The van der Waals surface area contributed by atoms with Gasteiger partial charge in [0.05, 0.1) is 28.3 Å². The number of aromatic nitrogens is 3. The van der Waals surface area contributed by atoms with Crippen LogP contribution in [-0.4, -0.2) is 81.3 Å². The molecule has 1 unspecified atom stereocenters. The summed E-state index contributed by atoms with van der Waals surface area (Å²) in [6.07, 6.45) is 3.23. The predicted molar refractivity (Wildman–Crippen MR) is 154 cm³/mol. The van der Waals surface area contributed by atoms with Gasteiger partial charge in [0.25, 0.3) is 0 Å². The Hall–Kier alpha value is -2.43. The van der Waals surface area contributed by atoms with Gasteiger partial charge in [0, 0.05) is 62.9 Å². The van der Waals surface area contributed by atoms with Crippen LogP contribution in [0.2, 0.25) is 5.02 Å². The number of piperazine rings is 1. The number of hydrogen-bond acceptors (Lipinski definition) is 9. The summed E-state index contributed by atoms with van der Waals surface area (Å²) in [6.45, 7) is 12.0. The van der Waals surface area contributed by atoms with Crippen LogP contribution in [0.4, 0.5) is 5.82 Å². The lowest BCUT2D eigenvalue weighted by molar-refractivity contribution is 0.0996. The number of benzene rings is 1. The first kappa shape index (κ1) is 30.1. The van der Waals surface area contributed by atoms with Crippen LogP contribution < -0.4 is 4.90 Å². The van der Waals surface area contributed by atoms with Gasteiger partial charge in [-0.15, -0.1) is 11.3 Å². The van der Waals surface area contributed by atoms with E-state index < -0.39 is 0 Å². The maximum Gasteiger partial charge on any atom is 0.178 e. The van der Waals surface area contributed by atoms with E-state index in [0.29, 0.717) is 22.9 Å². The van der Waals surface area contributed by atoms with Crippen molar-refractivity contribution in [2.24, 2.45) is 0 Å². The molecular weight excluding hydrogens is 522 g/mol. The van der Waals surface area contributed by atoms with Crippen LogP contribution >= 0.6 is 22.9 Å². The van der Waals surface area contributed by atoms with Gasteiger partial charge in [0.15, 0.2) is 5.78 Å². The van der Waals surface area contributed by atoms with Gasteiger partial charge in [-0.3, -0.25) is 9.69 Å². The molecule has 0 bridgehead atoms. The van der Waals surface area contributed by atoms with Crippen molar-refractivity contribution in [1.29, 1.82) is 0 Å². The zero-order valence-electron chi connectivity index (χ0n) is 22.7. The van der Waals surface area contributed by atoms with Gasteiger partial charge in [-0.05, 0) is 44.4 Å². The topological polar surface area (TPSA) is 103 Å². The van der Waals surface area contributed by atoms with Crippen molar-refractivity contribution in [3.63, 3.8) is 0 Å². The largest absolute Gasteiger partial charge is 0.395 e. The number of β-amino-alcohol motifs (C(OH)–C–C–N with tert-alkyl or cyclic N) is 1. The van der Waals surface area contributed by atoms with E-state index in [1.165, 1.54) is 11.3 Å². The number of aliphatic hydroxyl groups excluding tert-OH is 2. The average molecular weight is 560 g/mol. The number of ketones is 1. The number of nitrogens with zero attached hydrogens (tertiary/aromatic N) is 5. The Morgan fingerprint density at radius 2 is 1.89 bits per heavy atom. The minimum Gasteiger partial charge on any atom is -0.395 e. The monoisotopic (exact) mass is 559 g/mol. The van der Waals surface area contributed by atoms with Crippen molar-refractivity contribution >= 4 is 34.5 Å². The third kappa shape index (κ3) is 8.81. The van der Waals surface area contributed by atoms with Crippen LogP contribution in [-0.2, 0) is 12.8 Å². The highest BCUT2D eigenvalue weighted by Gasteiger charge is 2.19. The predicted octanol–water partition coefficient (Wildman–Crippen LogP) is 4.11. The molecular formula is C28H38ClN5O3S. The first-order valence-corrected chi connectivity index (χ1v) is 14.2. The van der Waals surface area contributed by atoms with Crippen molar-refractivity contribution in [2.75, 3.05) is 44.2 Å². The normalized spacial score (nSPS) is 14.7. The Morgan fingerprint density at radius 3 is 2.53 bits per heavy atom. The summed E-state index contributed by atoms with van der Waals surface area (Å²) in [5.74, 6) is 1.67. The van der Waals surface area contributed by atoms with E-state index in [9.17, 15) is 4.79 Å². The number of aliphatic hydroxyl groups is 2. The molecule has 0 aliphatic carbocycles. The number of thiazole rings is 1. The number of halogens is 1. The molecule has 0 saturated carbocycles. The summed E-state index contributed by atoms with van der Waals surface area (Å²) in [5, 5.41) is 19.0. The molecule has 0 amide bonds. The molecule has 0 spiro atoms. The van der Waals surface area contributed by atoms with Gasteiger partial charge >= 0.3 is 0 Å². The average Bonchev–Trinajstić information content (AvgIpc) is 3.35. The molecule has 38 heavy (non-hydrogen) atoms. The molecule has 0 radical (unpaired) electrons. The first-order valence-electron chi connectivity index (χ1n) is 13.0. The second-order valence-electron chi connectivity index (χ2n) is 9.50. The molecule has 4 rings (SSSR count). The van der Waals surface area contributed by atoms with E-state index in [-0.39, 0.29) is 24.9 Å². The molecule has 3 aromatic rings. The standard InChI is InChI=1S/C24H28ClN5O2S.C4H10O/c1-16-4-3-5-20(25)19(16)14-21(32)22-15-26-24(33-22)13-18-12-23(28-17(2)27-18)30-8-6-29(7-9-30)10-11-31;1-3-4(2)5/h3-5,12,15,31H,6-11,13-14H2,1-2H3;4-5H,3H2,1-2H3. The lowest BCUT2D eigenvalue weighted by Crippen LogP contribution is -2.47. The lowest BCUT2D eigenvalue weighted by Gasteiger charge is -2.35. The third-order valence-electron chi connectivity index (χ3n) is 6.43. The maximum atomic E-state index is 12.8. The molecule has 1 fully saturated rings. The van der Waals surface area contributed by atoms with Crippen molar-refractivity contribution in [2.45, 2.75) is 53.1 Å². The van der Waals surface area contributed by atoms with Crippen molar-refractivity contribution < 1.29 is 15.0 Å². The van der Waals surface area contributed by atoms with Crippen LogP contribution in [0.3, 0.4) is 0 Å². The summed E-state index contributed by atoms with van der Waals surface area (Å²) in [4.78, 5) is 31.7. The van der Waals surface area contributed by atoms with Gasteiger partial charge in [-0.1, -0.05) is 30.7 Å². The highest BCUT2D eigenvalue weighted by molar-refractivity contribution is 7.13. The second-order valence-corrected chi connectivity index (χ2v) is 11.0. The molecule has 1 saturated heterocycles. The maximum absolute atomic E-state index is 12.8. The van der Waals surface area contributed by atoms with Crippen LogP contribution in [0.5, 0.6) is 0 Å². The van der Waals surface area contributed by atoms with E-state index in [1.54, 1.807) is 13.1 Å². The molecule has 206 valence electrons. The number of anilines is 1. The molecule has 10 heteroatoms. The highest BCUT2D eigenvalue weighted by Crippen LogP contribution is 2.24. The molecule has 2 aromatic heterocycles. The summed E-state index contributed by atoms with van der Waals surface area (Å²) in [5.41, 5.74) is 2.78. The Kier molecular flexibility index (Phi) is 11.6. The Bertz CT molecular complexity index is 1170. The van der Waals surface area contributed by atoms with E-state index >= 15 is 0 Å². The Morgan fingerprint density at radius 1 is 1.18 bits per heavy atom. The minimum absolute atomic E-state index is 0.0234. The first-order chi connectivity index (χ1) is 18.2. The van der Waals surface area contributed by atoms with Gasteiger partial charge in [0.2, 0.25) is 0 Å². The number of Topliss-reactive ketones (excluding diaryl/α,β-unsaturated/α-hetero) is 1. The van der Waals surface area contributed by atoms with Crippen molar-refractivity contribution in [3.8, 4) is 0 Å². The van der Waals surface area contributed by atoms with Gasteiger partial charge in [-0.25, -0.2) is 15.0 Å². The summed E-state index contributed by atoms with van der Waals surface area (Å²) >= 11 is 7.71. The summed E-state index contributed by atoms with van der Waals surface area (Å²) in [6, 6.07) is 7.69. The number of carbonyl (C=O) groups is 1. The smallest absolute Gasteiger partial charge is 0.178 e. The number of aryl methyl sites for hydroxylation is 2. The fourth-order valence-electron chi connectivity index (χ4n) is 4.02. The summed E-state index contributed by atoms with van der Waals surface area (Å²) < 4.78 is 0. The van der Waals surface area contributed by atoms with Gasteiger partial charge in [-0.2, -0.15) is 0 Å². The van der Waals surface area contributed by atoms with Gasteiger partial charge in [0.1, 0.15) is 11.6 Å². The van der Waals surface area contributed by atoms with E-state index in [1.807, 2.05) is 45.0 Å². The van der Waals surface area contributed by atoms with Crippen molar-refractivity contribution in [1.82, 2.24) is 19.9 Å². The van der Waals surface area contributed by atoms with E-state index in [2.05, 4.69) is 24.8 Å². The van der Waals surface area contributed by atoms with Crippen LogP contribution in [0.25, 0.3) is 0 Å². The fraction of sp³-hybridized carbons (Fsp3) is 0.500. The van der Waals surface area contributed by atoms with E-state index in [0.717, 1.165) is 66.1 Å². The van der Waals surface area contributed by atoms with Crippen molar-refractivity contribution in [3.05, 3.63) is 68.0 Å².